The van der Waals surface area contributed by atoms with Gasteiger partial charge in [-0.1, -0.05) is 60.7 Å². The van der Waals surface area contributed by atoms with Gasteiger partial charge in [-0.25, -0.2) is 4.99 Å². The number of nitrogens with zero attached hydrogens (tertiary/aromatic N) is 2. The second-order valence-corrected chi connectivity index (χ2v) is 6.37. The average Bonchev–Trinajstić information content (AvgIpc) is 2.64. The van der Waals surface area contributed by atoms with Gasteiger partial charge in [0.15, 0.2) is 5.96 Å². The lowest BCUT2D eigenvalue weighted by Crippen LogP contribution is -2.46. The van der Waals surface area contributed by atoms with Crippen LogP contribution in [-0.2, 0) is 13.0 Å². The zero-order valence-electron chi connectivity index (χ0n) is 15.6. The van der Waals surface area contributed by atoms with Crippen LogP contribution in [0.3, 0.4) is 0 Å². The molecule has 1 unspecified atom stereocenters. The van der Waals surface area contributed by atoms with E-state index in [0.29, 0.717) is 12.6 Å². The first-order valence-electron chi connectivity index (χ1n) is 8.95. The third-order valence-corrected chi connectivity index (χ3v) is 4.16. The van der Waals surface area contributed by atoms with Crippen LogP contribution in [0.15, 0.2) is 65.7 Å². The van der Waals surface area contributed by atoms with Gasteiger partial charge in [-0.05, 0) is 38.6 Å². The van der Waals surface area contributed by atoms with E-state index in [1.807, 2.05) is 18.2 Å². The van der Waals surface area contributed by atoms with Gasteiger partial charge in [0, 0.05) is 19.1 Å². The number of likely N-dealkylation sites (N-methyl/N-ethyl adjacent to an activating group) is 1. The summed E-state index contributed by atoms with van der Waals surface area (Å²) in [4.78, 5) is 6.96. The quantitative estimate of drug-likeness (QED) is 0.574. The van der Waals surface area contributed by atoms with Crippen LogP contribution in [0.25, 0.3) is 0 Å². The van der Waals surface area contributed by atoms with Crippen LogP contribution >= 0.6 is 0 Å². The van der Waals surface area contributed by atoms with E-state index in [1.54, 1.807) is 0 Å². The normalized spacial score (nSPS) is 12.9. The molecule has 4 heteroatoms. The summed E-state index contributed by atoms with van der Waals surface area (Å²) in [6, 6.07) is 21.4. The molecule has 0 bridgehead atoms. The lowest BCUT2D eigenvalue weighted by molar-refractivity contribution is 0.290. The van der Waals surface area contributed by atoms with Gasteiger partial charge in [-0.3, -0.25) is 0 Å². The van der Waals surface area contributed by atoms with Gasteiger partial charge in [-0.15, -0.1) is 0 Å². The number of nitrogens with one attached hydrogen (secondary N) is 2. The first-order valence-corrected chi connectivity index (χ1v) is 8.95. The lowest BCUT2D eigenvalue weighted by atomic mass is 10.1. The van der Waals surface area contributed by atoms with E-state index in [1.165, 1.54) is 11.1 Å². The summed E-state index contributed by atoms with van der Waals surface area (Å²) in [6.07, 6.45) is 1.01. The van der Waals surface area contributed by atoms with Gasteiger partial charge in [-0.2, -0.15) is 0 Å². The molecule has 0 aliphatic rings. The third kappa shape index (κ3) is 6.98. The zero-order valence-corrected chi connectivity index (χ0v) is 15.6. The summed E-state index contributed by atoms with van der Waals surface area (Å²) in [5.74, 6) is 0.867. The summed E-state index contributed by atoms with van der Waals surface area (Å²) in [5.41, 5.74) is 2.57. The molecule has 2 rings (SSSR count). The van der Waals surface area contributed by atoms with Crippen molar-refractivity contribution in [3.05, 3.63) is 71.8 Å². The minimum Gasteiger partial charge on any atom is -0.357 e. The Bertz CT molecular complexity index is 623. The number of hydrogen-bond donors (Lipinski definition) is 2. The second kappa shape index (κ2) is 10.5. The van der Waals surface area contributed by atoms with Crippen LogP contribution in [0.5, 0.6) is 0 Å². The van der Waals surface area contributed by atoms with Crippen molar-refractivity contribution in [2.75, 3.05) is 27.2 Å². The van der Waals surface area contributed by atoms with Crippen molar-refractivity contribution in [2.24, 2.45) is 4.99 Å². The summed E-state index contributed by atoms with van der Waals surface area (Å²) in [7, 11) is 4.26. The molecule has 1 atom stereocenters. The first kappa shape index (κ1) is 19.0. The molecule has 0 saturated heterocycles. The fourth-order valence-corrected chi connectivity index (χ4v) is 2.63. The zero-order chi connectivity index (χ0) is 17.9. The number of rotatable bonds is 8. The van der Waals surface area contributed by atoms with Crippen molar-refractivity contribution in [3.8, 4) is 0 Å². The van der Waals surface area contributed by atoms with Gasteiger partial charge < -0.3 is 15.5 Å². The molecule has 2 N–H and O–H groups in total. The third-order valence-electron chi connectivity index (χ3n) is 4.16. The Balaban J connectivity index is 1.94. The summed E-state index contributed by atoms with van der Waals surface area (Å²) in [6.45, 7) is 4.48. The van der Waals surface area contributed by atoms with Gasteiger partial charge >= 0.3 is 0 Å². The molecule has 0 aromatic heterocycles. The van der Waals surface area contributed by atoms with E-state index < -0.39 is 0 Å². The molecule has 2 aromatic rings. The summed E-state index contributed by atoms with van der Waals surface area (Å²) in [5, 5.41) is 6.82. The Kier molecular flexibility index (Phi) is 7.99. The van der Waals surface area contributed by atoms with Crippen LogP contribution in [-0.4, -0.2) is 44.1 Å². The van der Waals surface area contributed by atoms with Crippen molar-refractivity contribution < 1.29 is 0 Å². The van der Waals surface area contributed by atoms with E-state index in [4.69, 9.17) is 4.99 Å². The maximum Gasteiger partial charge on any atom is 0.191 e. The highest BCUT2D eigenvalue weighted by atomic mass is 15.2. The first-order chi connectivity index (χ1) is 12.2. The maximum absolute atomic E-state index is 4.70. The Labute approximate surface area is 152 Å². The average molecular weight is 338 g/mol. The van der Waals surface area contributed by atoms with Crippen LogP contribution in [0, 0.1) is 0 Å². The summed E-state index contributed by atoms with van der Waals surface area (Å²) < 4.78 is 0. The molecule has 0 spiro atoms. The van der Waals surface area contributed by atoms with Crippen LogP contribution in [0.2, 0.25) is 0 Å². The van der Waals surface area contributed by atoms with Crippen molar-refractivity contribution in [2.45, 2.75) is 25.9 Å². The van der Waals surface area contributed by atoms with Gasteiger partial charge in [0.1, 0.15) is 0 Å². The lowest BCUT2D eigenvalue weighted by Gasteiger charge is -2.25. The van der Waals surface area contributed by atoms with Gasteiger partial charge in [0.25, 0.3) is 0 Å². The fraction of sp³-hybridized carbons (Fsp3) is 0.381. The minimum absolute atomic E-state index is 0.406. The number of guanidine groups is 1. The fourth-order valence-electron chi connectivity index (χ4n) is 2.63. The molecular weight excluding hydrogens is 308 g/mol. The highest BCUT2D eigenvalue weighted by Gasteiger charge is 2.13. The molecule has 0 amide bonds. The topological polar surface area (TPSA) is 39.7 Å². The Morgan fingerprint density at radius 1 is 0.920 bits per heavy atom. The predicted octanol–water partition coefficient (Wildman–Crippen LogP) is 2.91. The molecule has 0 saturated carbocycles. The number of aliphatic imine (C=N–C) groups is 1. The monoisotopic (exact) mass is 338 g/mol. The van der Waals surface area contributed by atoms with E-state index in [-0.39, 0.29) is 0 Å². The molecule has 0 heterocycles. The SMILES string of the molecule is CCNC(=NCc1ccccc1)NCC(Cc1ccccc1)N(C)C. The minimum atomic E-state index is 0.406. The smallest absolute Gasteiger partial charge is 0.191 e. The molecule has 134 valence electrons. The Morgan fingerprint density at radius 2 is 1.52 bits per heavy atom. The molecule has 4 nitrogen and oxygen atoms in total. The highest BCUT2D eigenvalue weighted by molar-refractivity contribution is 5.79. The molecule has 0 fully saturated rings. The van der Waals surface area contributed by atoms with E-state index in [9.17, 15) is 0 Å². The van der Waals surface area contributed by atoms with E-state index in [0.717, 1.165) is 25.5 Å². The standard InChI is InChI=1S/C21H30N4/c1-4-22-21(23-16-19-13-9-6-10-14-19)24-17-20(25(2)3)15-18-11-7-5-8-12-18/h5-14,20H,4,15-17H2,1-3H3,(H2,22,23,24). The molecule has 25 heavy (non-hydrogen) atoms. The van der Waals surface area contributed by atoms with Crippen LogP contribution in [0.4, 0.5) is 0 Å². The van der Waals surface area contributed by atoms with Gasteiger partial charge in [0.05, 0.1) is 6.54 Å². The summed E-state index contributed by atoms with van der Waals surface area (Å²) >= 11 is 0. The molecule has 2 aromatic carbocycles. The second-order valence-electron chi connectivity index (χ2n) is 6.37. The van der Waals surface area contributed by atoms with Crippen molar-refractivity contribution >= 4 is 5.96 Å². The van der Waals surface area contributed by atoms with Crippen LogP contribution < -0.4 is 10.6 Å². The number of benzene rings is 2. The highest BCUT2D eigenvalue weighted by Crippen LogP contribution is 2.06. The van der Waals surface area contributed by atoms with Crippen molar-refractivity contribution in [3.63, 3.8) is 0 Å². The van der Waals surface area contributed by atoms with E-state index >= 15 is 0 Å². The molecule has 0 aliphatic carbocycles. The Morgan fingerprint density at radius 3 is 2.08 bits per heavy atom. The molecular formula is C21H30N4. The Hall–Kier alpha value is -2.33. The van der Waals surface area contributed by atoms with E-state index in [2.05, 4.69) is 79.0 Å². The van der Waals surface area contributed by atoms with Crippen LogP contribution in [0.1, 0.15) is 18.1 Å². The van der Waals surface area contributed by atoms with Crippen molar-refractivity contribution in [1.29, 1.82) is 0 Å². The van der Waals surface area contributed by atoms with Crippen molar-refractivity contribution in [1.82, 2.24) is 15.5 Å². The predicted molar refractivity (Wildman–Crippen MR) is 107 cm³/mol. The largest absolute Gasteiger partial charge is 0.357 e. The molecule has 0 aliphatic heterocycles. The number of hydrogen-bond acceptors (Lipinski definition) is 2. The maximum atomic E-state index is 4.70. The molecule has 0 radical (unpaired) electrons. The van der Waals surface area contributed by atoms with Gasteiger partial charge in [0.2, 0.25) is 0 Å².